The van der Waals surface area contributed by atoms with Crippen LogP contribution in [0.1, 0.15) is 35.6 Å². The number of hydrogen-bond donors (Lipinski definition) is 2. The molecule has 0 spiro atoms. The van der Waals surface area contributed by atoms with Gasteiger partial charge in [0.25, 0.3) is 0 Å². The molecule has 1 unspecified atom stereocenters. The van der Waals surface area contributed by atoms with Crippen LogP contribution < -0.4 is 10.6 Å². The summed E-state index contributed by atoms with van der Waals surface area (Å²) in [4.78, 5) is 27.2. The van der Waals surface area contributed by atoms with Gasteiger partial charge in [0.2, 0.25) is 0 Å². The second-order valence-corrected chi connectivity index (χ2v) is 8.21. The van der Waals surface area contributed by atoms with E-state index in [1.54, 1.807) is 0 Å². The van der Waals surface area contributed by atoms with Gasteiger partial charge in [-0.1, -0.05) is 72.3 Å². The summed E-state index contributed by atoms with van der Waals surface area (Å²) in [7, 11) is 0. The fraction of sp³-hybridized carbons (Fsp3) is 0.308. The number of likely N-dealkylation sites (tertiary alicyclic amines) is 1. The molecule has 31 heavy (non-hydrogen) atoms. The molecule has 1 fully saturated rings. The average Bonchev–Trinajstić information content (AvgIpc) is 3.33. The number of carbonyl (C=O) groups excluding carboxylic acids is 2. The van der Waals surface area contributed by atoms with Gasteiger partial charge in [0.15, 0.2) is 0 Å². The number of carbonyl (C=O) groups is 2. The van der Waals surface area contributed by atoms with Crippen LogP contribution >= 0.6 is 0 Å². The largest absolute Gasteiger partial charge is 0.346 e. The van der Waals surface area contributed by atoms with Gasteiger partial charge in [-0.3, -0.25) is 14.5 Å². The third-order valence-corrected chi connectivity index (χ3v) is 6.00. The van der Waals surface area contributed by atoms with Gasteiger partial charge in [-0.05, 0) is 54.8 Å². The zero-order valence-corrected chi connectivity index (χ0v) is 17.9. The molecule has 5 nitrogen and oxygen atoms in total. The fourth-order valence-corrected chi connectivity index (χ4v) is 4.27. The lowest BCUT2D eigenvalue weighted by molar-refractivity contribution is -0.139. The Bertz CT molecular complexity index is 1050. The molecule has 0 saturated carbocycles. The molecular formula is C26H29N3O2. The molecule has 2 N–H and O–H groups in total. The van der Waals surface area contributed by atoms with Gasteiger partial charge in [-0.25, -0.2) is 0 Å². The number of benzene rings is 3. The minimum atomic E-state index is -0.598. The maximum absolute atomic E-state index is 12.5. The molecule has 0 bridgehead atoms. The molecule has 1 atom stereocenters. The van der Waals surface area contributed by atoms with Crippen LogP contribution in [-0.4, -0.2) is 36.3 Å². The SMILES string of the molecule is Cc1ccc(CNC(=O)C(=O)NCC(c2cccc3ccccc23)N2CCCC2)cc1. The van der Waals surface area contributed by atoms with Crippen LogP contribution in [0.4, 0.5) is 0 Å². The lowest BCUT2D eigenvalue weighted by Crippen LogP contribution is -2.43. The lowest BCUT2D eigenvalue weighted by Gasteiger charge is -2.29. The first-order chi connectivity index (χ1) is 15.1. The van der Waals surface area contributed by atoms with Crippen LogP contribution in [0.3, 0.4) is 0 Å². The zero-order valence-electron chi connectivity index (χ0n) is 17.9. The van der Waals surface area contributed by atoms with Crippen molar-refractivity contribution in [2.24, 2.45) is 0 Å². The highest BCUT2D eigenvalue weighted by molar-refractivity contribution is 6.35. The molecule has 2 amide bonds. The van der Waals surface area contributed by atoms with Crippen LogP contribution in [0.2, 0.25) is 0 Å². The minimum Gasteiger partial charge on any atom is -0.346 e. The maximum atomic E-state index is 12.5. The molecule has 160 valence electrons. The predicted molar refractivity (Wildman–Crippen MR) is 124 cm³/mol. The molecule has 3 aromatic carbocycles. The van der Waals surface area contributed by atoms with Gasteiger partial charge >= 0.3 is 11.8 Å². The van der Waals surface area contributed by atoms with Gasteiger partial charge in [0.05, 0.1) is 6.04 Å². The Morgan fingerprint density at radius 1 is 0.871 bits per heavy atom. The molecular weight excluding hydrogens is 386 g/mol. The Balaban J connectivity index is 1.43. The normalized spacial score (nSPS) is 15.0. The summed E-state index contributed by atoms with van der Waals surface area (Å²) in [6.45, 7) is 4.77. The third kappa shape index (κ3) is 5.12. The Labute approximate surface area is 183 Å². The van der Waals surface area contributed by atoms with Gasteiger partial charge < -0.3 is 10.6 Å². The highest BCUT2D eigenvalue weighted by Gasteiger charge is 2.26. The topological polar surface area (TPSA) is 61.4 Å². The van der Waals surface area contributed by atoms with E-state index in [0.717, 1.165) is 37.1 Å². The zero-order chi connectivity index (χ0) is 21.6. The number of hydrogen-bond acceptors (Lipinski definition) is 3. The molecule has 0 aromatic heterocycles. The van der Waals surface area contributed by atoms with Gasteiger partial charge in [-0.2, -0.15) is 0 Å². The van der Waals surface area contributed by atoms with E-state index in [1.165, 1.54) is 16.3 Å². The van der Waals surface area contributed by atoms with E-state index in [9.17, 15) is 9.59 Å². The van der Waals surface area contributed by atoms with Crippen molar-refractivity contribution in [1.82, 2.24) is 15.5 Å². The Morgan fingerprint density at radius 2 is 1.55 bits per heavy atom. The first kappa shape index (κ1) is 21.1. The van der Waals surface area contributed by atoms with E-state index in [0.29, 0.717) is 13.1 Å². The summed E-state index contributed by atoms with van der Waals surface area (Å²) in [6.07, 6.45) is 2.32. The molecule has 0 aliphatic carbocycles. The Morgan fingerprint density at radius 3 is 2.32 bits per heavy atom. The molecule has 3 aromatic rings. The summed E-state index contributed by atoms with van der Waals surface area (Å²) in [5, 5.41) is 7.97. The van der Waals surface area contributed by atoms with Crippen LogP contribution in [0.15, 0.2) is 66.7 Å². The first-order valence-electron chi connectivity index (χ1n) is 10.9. The quantitative estimate of drug-likeness (QED) is 0.603. The molecule has 0 radical (unpaired) electrons. The number of amides is 2. The van der Waals surface area contributed by atoms with Crippen molar-refractivity contribution in [2.45, 2.75) is 32.4 Å². The minimum absolute atomic E-state index is 0.0439. The third-order valence-electron chi connectivity index (χ3n) is 6.00. The van der Waals surface area contributed by atoms with E-state index in [1.807, 2.05) is 43.3 Å². The second-order valence-electron chi connectivity index (χ2n) is 8.21. The average molecular weight is 416 g/mol. The second kappa shape index (κ2) is 9.75. The number of aryl methyl sites for hydroxylation is 1. The highest BCUT2D eigenvalue weighted by Crippen LogP contribution is 2.30. The first-order valence-corrected chi connectivity index (χ1v) is 10.9. The predicted octanol–water partition coefficient (Wildman–Crippen LogP) is 3.72. The molecule has 1 saturated heterocycles. The van der Waals surface area contributed by atoms with Crippen molar-refractivity contribution >= 4 is 22.6 Å². The van der Waals surface area contributed by atoms with Crippen LogP contribution in [0.5, 0.6) is 0 Å². The summed E-state index contributed by atoms with van der Waals surface area (Å²) in [5.74, 6) is -1.18. The number of rotatable bonds is 6. The smallest absolute Gasteiger partial charge is 0.309 e. The number of nitrogens with one attached hydrogen (secondary N) is 2. The van der Waals surface area contributed by atoms with Crippen molar-refractivity contribution < 1.29 is 9.59 Å². The summed E-state index contributed by atoms with van der Waals surface area (Å²) in [5.41, 5.74) is 3.33. The fourth-order valence-electron chi connectivity index (χ4n) is 4.27. The molecule has 1 aliphatic rings. The number of nitrogens with zero attached hydrogens (tertiary/aromatic N) is 1. The molecule has 1 heterocycles. The van der Waals surface area contributed by atoms with Crippen molar-refractivity contribution in [1.29, 1.82) is 0 Å². The van der Waals surface area contributed by atoms with E-state index in [2.05, 4.69) is 45.9 Å². The van der Waals surface area contributed by atoms with Crippen molar-refractivity contribution in [3.05, 3.63) is 83.4 Å². The monoisotopic (exact) mass is 415 g/mol. The summed E-state index contributed by atoms with van der Waals surface area (Å²) in [6, 6.07) is 22.6. The number of fused-ring (bicyclic) bond motifs is 1. The maximum Gasteiger partial charge on any atom is 0.309 e. The van der Waals surface area contributed by atoms with E-state index < -0.39 is 11.8 Å². The molecule has 1 aliphatic heterocycles. The standard InChI is InChI=1S/C26H29N3O2/c1-19-11-13-20(14-12-19)17-27-25(30)26(31)28-18-24(29-15-4-5-16-29)23-10-6-8-21-7-2-3-9-22(21)23/h2-3,6-14,24H,4-5,15-18H2,1H3,(H,27,30)(H,28,31). The summed E-state index contributed by atoms with van der Waals surface area (Å²) < 4.78 is 0. The van der Waals surface area contributed by atoms with Crippen LogP contribution in [0, 0.1) is 6.92 Å². The Hall–Kier alpha value is -3.18. The van der Waals surface area contributed by atoms with Gasteiger partial charge in [-0.15, -0.1) is 0 Å². The molecule has 4 rings (SSSR count). The summed E-state index contributed by atoms with van der Waals surface area (Å²) >= 11 is 0. The van der Waals surface area contributed by atoms with Crippen LogP contribution in [-0.2, 0) is 16.1 Å². The van der Waals surface area contributed by atoms with Gasteiger partial charge in [0, 0.05) is 13.1 Å². The molecule has 5 heteroatoms. The van der Waals surface area contributed by atoms with E-state index in [4.69, 9.17) is 0 Å². The van der Waals surface area contributed by atoms with Crippen LogP contribution in [0.25, 0.3) is 10.8 Å². The Kier molecular flexibility index (Phi) is 6.63. The van der Waals surface area contributed by atoms with Gasteiger partial charge in [0.1, 0.15) is 0 Å². The lowest BCUT2D eigenvalue weighted by atomic mass is 9.97. The van der Waals surface area contributed by atoms with Crippen molar-refractivity contribution in [3.8, 4) is 0 Å². The van der Waals surface area contributed by atoms with Crippen molar-refractivity contribution in [3.63, 3.8) is 0 Å². The van der Waals surface area contributed by atoms with Crippen molar-refractivity contribution in [2.75, 3.05) is 19.6 Å². The van der Waals surface area contributed by atoms with E-state index >= 15 is 0 Å². The highest BCUT2D eigenvalue weighted by atomic mass is 16.2. The van der Waals surface area contributed by atoms with E-state index in [-0.39, 0.29) is 6.04 Å².